The van der Waals surface area contributed by atoms with Crippen molar-refractivity contribution in [1.82, 2.24) is 10.6 Å². The van der Waals surface area contributed by atoms with Crippen LogP contribution in [0.1, 0.15) is 31.7 Å². The second-order valence-corrected chi connectivity index (χ2v) is 6.42. The largest absolute Gasteiger partial charge is 0.492 e. The molecular formula is C20H34IN3O3. The first-order valence-corrected chi connectivity index (χ1v) is 9.69. The van der Waals surface area contributed by atoms with E-state index in [2.05, 4.69) is 35.5 Å². The highest BCUT2D eigenvalue weighted by atomic mass is 127. The number of nitrogens with one attached hydrogen (secondary N) is 2. The molecule has 0 radical (unpaired) electrons. The van der Waals surface area contributed by atoms with Crippen LogP contribution >= 0.6 is 24.0 Å². The Hall–Kier alpha value is -1.06. The van der Waals surface area contributed by atoms with Crippen LogP contribution in [0.5, 0.6) is 5.75 Å². The molecular weight excluding hydrogens is 457 g/mol. The van der Waals surface area contributed by atoms with Crippen molar-refractivity contribution >= 4 is 29.9 Å². The van der Waals surface area contributed by atoms with Crippen molar-refractivity contribution in [2.45, 2.75) is 39.2 Å². The summed E-state index contributed by atoms with van der Waals surface area (Å²) in [4.78, 5) is 4.57. The summed E-state index contributed by atoms with van der Waals surface area (Å²) in [5.74, 6) is 1.72. The molecule has 1 fully saturated rings. The zero-order chi connectivity index (χ0) is 18.5. The summed E-state index contributed by atoms with van der Waals surface area (Å²) in [6.45, 7) is 9.30. The molecule has 6 nitrogen and oxygen atoms in total. The Balaban J connectivity index is 0.00000364. The minimum Gasteiger partial charge on any atom is -0.492 e. The average Bonchev–Trinajstić information content (AvgIpc) is 3.15. The van der Waals surface area contributed by atoms with Gasteiger partial charge in [-0.25, -0.2) is 0 Å². The molecule has 0 aliphatic carbocycles. The molecule has 1 atom stereocenters. The molecule has 1 saturated heterocycles. The van der Waals surface area contributed by atoms with Crippen LogP contribution in [-0.2, 0) is 9.47 Å². The normalized spacial score (nSPS) is 16.7. The highest BCUT2D eigenvalue weighted by molar-refractivity contribution is 14.0. The first-order valence-electron chi connectivity index (χ1n) is 9.69. The third-order valence-corrected chi connectivity index (χ3v) is 4.04. The van der Waals surface area contributed by atoms with Gasteiger partial charge in [0.2, 0.25) is 0 Å². The molecule has 7 heteroatoms. The fourth-order valence-electron chi connectivity index (χ4n) is 2.73. The lowest BCUT2D eigenvalue weighted by atomic mass is 10.2. The lowest BCUT2D eigenvalue weighted by Gasteiger charge is -2.12. The Morgan fingerprint density at radius 3 is 2.93 bits per heavy atom. The van der Waals surface area contributed by atoms with Gasteiger partial charge in [0.05, 0.1) is 19.3 Å². The third kappa shape index (κ3) is 10.8. The van der Waals surface area contributed by atoms with Gasteiger partial charge in [-0.05, 0) is 50.8 Å². The van der Waals surface area contributed by atoms with Gasteiger partial charge >= 0.3 is 0 Å². The van der Waals surface area contributed by atoms with Crippen molar-refractivity contribution in [3.8, 4) is 5.75 Å². The predicted octanol–water partition coefficient (Wildman–Crippen LogP) is 3.13. The minimum atomic E-state index is 0. The molecule has 1 aromatic carbocycles. The molecule has 2 N–H and O–H groups in total. The Kier molecular flexibility index (Phi) is 13.3. The summed E-state index contributed by atoms with van der Waals surface area (Å²) >= 11 is 0. The molecule has 0 aromatic heterocycles. The van der Waals surface area contributed by atoms with E-state index >= 15 is 0 Å². The SMILES string of the molecule is CCNC(=NCCCOCC1CCCO1)NCCOc1cccc(C)c1.I. The maximum absolute atomic E-state index is 5.74. The van der Waals surface area contributed by atoms with Crippen LogP contribution in [0.4, 0.5) is 0 Å². The molecule has 1 heterocycles. The van der Waals surface area contributed by atoms with Crippen molar-refractivity contribution in [3.63, 3.8) is 0 Å². The number of halogens is 1. The molecule has 27 heavy (non-hydrogen) atoms. The number of guanidine groups is 1. The van der Waals surface area contributed by atoms with Gasteiger partial charge in [0.25, 0.3) is 0 Å². The number of ether oxygens (including phenoxy) is 3. The number of hydrogen-bond donors (Lipinski definition) is 2. The number of benzene rings is 1. The molecule has 1 aromatic rings. The van der Waals surface area contributed by atoms with E-state index < -0.39 is 0 Å². The predicted molar refractivity (Wildman–Crippen MR) is 120 cm³/mol. The van der Waals surface area contributed by atoms with E-state index in [0.717, 1.165) is 57.3 Å². The molecule has 0 saturated carbocycles. The molecule has 0 spiro atoms. The quantitative estimate of drug-likeness (QED) is 0.216. The van der Waals surface area contributed by atoms with Crippen LogP contribution < -0.4 is 15.4 Å². The fourth-order valence-corrected chi connectivity index (χ4v) is 2.73. The van der Waals surface area contributed by atoms with Crippen LogP contribution in [0.2, 0.25) is 0 Å². The average molecular weight is 491 g/mol. The van der Waals surface area contributed by atoms with Crippen LogP contribution in [0.15, 0.2) is 29.3 Å². The van der Waals surface area contributed by atoms with Gasteiger partial charge in [0, 0.05) is 26.3 Å². The van der Waals surface area contributed by atoms with E-state index in [9.17, 15) is 0 Å². The van der Waals surface area contributed by atoms with Gasteiger partial charge in [0.1, 0.15) is 12.4 Å². The minimum absolute atomic E-state index is 0. The summed E-state index contributed by atoms with van der Waals surface area (Å²) in [7, 11) is 0. The smallest absolute Gasteiger partial charge is 0.191 e. The number of rotatable bonds is 11. The number of aliphatic imine (C=N–C) groups is 1. The van der Waals surface area contributed by atoms with E-state index in [1.807, 2.05) is 18.2 Å². The van der Waals surface area contributed by atoms with E-state index in [-0.39, 0.29) is 24.0 Å². The summed E-state index contributed by atoms with van der Waals surface area (Å²) < 4.78 is 16.9. The second-order valence-electron chi connectivity index (χ2n) is 6.42. The molecule has 1 aliphatic rings. The van der Waals surface area contributed by atoms with Crippen molar-refractivity contribution in [1.29, 1.82) is 0 Å². The van der Waals surface area contributed by atoms with Crippen molar-refractivity contribution in [3.05, 3.63) is 29.8 Å². The van der Waals surface area contributed by atoms with Crippen molar-refractivity contribution in [2.75, 3.05) is 46.1 Å². The van der Waals surface area contributed by atoms with E-state index in [1.54, 1.807) is 0 Å². The monoisotopic (exact) mass is 491 g/mol. The van der Waals surface area contributed by atoms with Crippen molar-refractivity contribution in [2.24, 2.45) is 4.99 Å². The van der Waals surface area contributed by atoms with E-state index in [1.165, 1.54) is 5.56 Å². The lowest BCUT2D eigenvalue weighted by Crippen LogP contribution is -2.39. The number of nitrogens with zero attached hydrogens (tertiary/aromatic N) is 1. The molecule has 1 aliphatic heterocycles. The number of hydrogen-bond acceptors (Lipinski definition) is 4. The van der Waals surface area contributed by atoms with Gasteiger partial charge in [-0.1, -0.05) is 12.1 Å². The highest BCUT2D eigenvalue weighted by Gasteiger charge is 2.14. The molecule has 0 bridgehead atoms. The van der Waals surface area contributed by atoms with Crippen LogP contribution in [-0.4, -0.2) is 58.1 Å². The first kappa shape index (κ1) is 24.0. The van der Waals surface area contributed by atoms with Crippen LogP contribution in [0, 0.1) is 6.92 Å². The summed E-state index contributed by atoms with van der Waals surface area (Å²) in [6.07, 6.45) is 3.48. The summed E-state index contributed by atoms with van der Waals surface area (Å²) in [6, 6.07) is 8.08. The Labute approximate surface area is 180 Å². The fraction of sp³-hybridized carbons (Fsp3) is 0.650. The third-order valence-electron chi connectivity index (χ3n) is 4.04. The molecule has 154 valence electrons. The lowest BCUT2D eigenvalue weighted by molar-refractivity contribution is 0.0171. The maximum atomic E-state index is 5.74. The van der Waals surface area contributed by atoms with E-state index in [4.69, 9.17) is 14.2 Å². The van der Waals surface area contributed by atoms with Gasteiger partial charge in [-0.15, -0.1) is 24.0 Å². The Morgan fingerprint density at radius 1 is 1.30 bits per heavy atom. The van der Waals surface area contributed by atoms with E-state index in [0.29, 0.717) is 25.9 Å². The standard InChI is InChI=1S/C20H33N3O3.HI/c1-3-21-20(22-10-6-12-24-16-19-9-5-13-25-19)23-11-14-26-18-8-4-7-17(2)15-18;/h4,7-8,15,19H,3,5-6,9-14,16H2,1-2H3,(H2,21,22,23);1H. The van der Waals surface area contributed by atoms with Crippen LogP contribution in [0.25, 0.3) is 0 Å². The Morgan fingerprint density at radius 2 is 2.19 bits per heavy atom. The highest BCUT2D eigenvalue weighted by Crippen LogP contribution is 2.12. The topological polar surface area (TPSA) is 64.1 Å². The number of aryl methyl sites for hydroxylation is 1. The maximum Gasteiger partial charge on any atom is 0.191 e. The molecule has 1 unspecified atom stereocenters. The van der Waals surface area contributed by atoms with Gasteiger partial charge < -0.3 is 24.8 Å². The van der Waals surface area contributed by atoms with Gasteiger partial charge in [-0.2, -0.15) is 0 Å². The summed E-state index contributed by atoms with van der Waals surface area (Å²) in [5.41, 5.74) is 1.20. The van der Waals surface area contributed by atoms with Crippen LogP contribution in [0.3, 0.4) is 0 Å². The second kappa shape index (κ2) is 14.9. The Bertz CT molecular complexity index is 537. The molecule has 0 amide bonds. The molecule has 2 rings (SSSR count). The van der Waals surface area contributed by atoms with Gasteiger partial charge in [-0.3, -0.25) is 4.99 Å². The zero-order valence-corrected chi connectivity index (χ0v) is 18.9. The van der Waals surface area contributed by atoms with Crippen molar-refractivity contribution < 1.29 is 14.2 Å². The zero-order valence-electron chi connectivity index (χ0n) is 16.5. The van der Waals surface area contributed by atoms with Gasteiger partial charge in [0.15, 0.2) is 5.96 Å². The first-order chi connectivity index (χ1) is 12.8. The summed E-state index contributed by atoms with van der Waals surface area (Å²) in [5, 5.41) is 6.54.